The van der Waals surface area contributed by atoms with E-state index in [4.69, 9.17) is 27.6 Å². The minimum Gasteiger partial charge on any atom is -0.457 e. The van der Waals surface area contributed by atoms with Gasteiger partial charge in [0.2, 0.25) is 0 Å². The first kappa shape index (κ1) is 20.2. The molecule has 4 rings (SSSR count). The molecule has 0 aliphatic carbocycles. The molecule has 1 N–H and O–H groups in total. The molecule has 0 spiro atoms. The summed E-state index contributed by atoms with van der Waals surface area (Å²) in [7, 11) is 0. The van der Waals surface area contributed by atoms with Crippen LogP contribution in [0.1, 0.15) is 5.76 Å². The third-order valence-electron chi connectivity index (χ3n) is 4.05. The van der Waals surface area contributed by atoms with Crippen LogP contribution in [0.3, 0.4) is 0 Å². The summed E-state index contributed by atoms with van der Waals surface area (Å²) in [6, 6.07) is 14.5. The molecule has 2 heterocycles. The van der Waals surface area contributed by atoms with Gasteiger partial charge in [-0.1, -0.05) is 41.4 Å². The summed E-state index contributed by atoms with van der Waals surface area (Å²) in [5.74, 6) is 0.551. The quantitative estimate of drug-likeness (QED) is 0.290. The molecule has 7 nitrogen and oxygen atoms in total. The molecule has 1 aromatic heterocycles. The number of nitro benzene ring substituents is 1. The fourth-order valence-electron chi connectivity index (χ4n) is 2.66. The van der Waals surface area contributed by atoms with E-state index in [2.05, 4.69) is 10.3 Å². The van der Waals surface area contributed by atoms with Crippen LogP contribution in [0.4, 0.5) is 11.4 Å². The Morgan fingerprint density at radius 2 is 1.93 bits per heavy atom. The lowest BCUT2D eigenvalue weighted by Crippen LogP contribution is -2.19. The van der Waals surface area contributed by atoms with Gasteiger partial charge in [0.1, 0.15) is 11.5 Å². The number of halogens is 2. The fourth-order valence-corrected chi connectivity index (χ4v) is 3.81. The van der Waals surface area contributed by atoms with Gasteiger partial charge in [0.05, 0.1) is 25.6 Å². The largest absolute Gasteiger partial charge is 0.457 e. The van der Waals surface area contributed by atoms with Crippen molar-refractivity contribution in [1.29, 1.82) is 0 Å². The van der Waals surface area contributed by atoms with Crippen molar-refractivity contribution in [3.8, 4) is 11.3 Å². The Morgan fingerprint density at radius 3 is 2.73 bits per heavy atom. The van der Waals surface area contributed by atoms with Gasteiger partial charge in [0.15, 0.2) is 5.17 Å². The monoisotopic (exact) mass is 459 g/mol. The number of nitrogens with zero attached hydrogens (tertiary/aromatic N) is 2. The Kier molecular flexibility index (Phi) is 5.63. The molecular formula is C20H11Cl2N3O4S. The van der Waals surface area contributed by atoms with Gasteiger partial charge >= 0.3 is 0 Å². The number of hydrogen-bond donors (Lipinski definition) is 1. The Balaban J connectivity index is 1.57. The van der Waals surface area contributed by atoms with E-state index < -0.39 is 4.92 Å². The first-order valence-corrected chi connectivity index (χ1v) is 10.1. The van der Waals surface area contributed by atoms with Gasteiger partial charge in [-0.15, -0.1) is 0 Å². The van der Waals surface area contributed by atoms with E-state index in [-0.39, 0.29) is 11.6 Å². The van der Waals surface area contributed by atoms with Gasteiger partial charge in [-0.25, -0.2) is 4.99 Å². The average Bonchev–Trinajstić information content (AvgIpc) is 3.32. The number of aliphatic imine (C=N–C) groups is 1. The Morgan fingerprint density at radius 1 is 1.13 bits per heavy atom. The molecule has 1 saturated heterocycles. The number of nitrogens with one attached hydrogen (secondary N) is 1. The van der Waals surface area contributed by atoms with Crippen LogP contribution in [-0.4, -0.2) is 16.0 Å². The number of furan rings is 1. The number of amidine groups is 1. The lowest BCUT2D eigenvalue weighted by Gasteiger charge is -2.00. The zero-order valence-electron chi connectivity index (χ0n) is 15.0. The molecular weight excluding hydrogens is 449 g/mol. The highest BCUT2D eigenvalue weighted by molar-refractivity contribution is 8.18. The van der Waals surface area contributed by atoms with E-state index in [0.29, 0.717) is 42.9 Å². The molecule has 30 heavy (non-hydrogen) atoms. The summed E-state index contributed by atoms with van der Waals surface area (Å²) >= 11 is 13.3. The third-order valence-corrected chi connectivity index (χ3v) is 5.76. The number of thioether (sulfide) groups is 1. The number of carbonyl (C=O) groups excluding carboxylic acids is 1. The van der Waals surface area contributed by atoms with Crippen LogP contribution in [0, 0.1) is 10.1 Å². The van der Waals surface area contributed by atoms with Crippen molar-refractivity contribution < 1.29 is 14.1 Å². The van der Waals surface area contributed by atoms with Crippen molar-refractivity contribution in [3.05, 3.63) is 85.4 Å². The summed E-state index contributed by atoms with van der Waals surface area (Å²) < 4.78 is 5.73. The second kappa shape index (κ2) is 8.35. The topological polar surface area (TPSA) is 97.7 Å². The summed E-state index contributed by atoms with van der Waals surface area (Å²) in [4.78, 5) is 27.5. The Hall–Kier alpha value is -3.07. The second-order valence-electron chi connectivity index (χ2n) is 6.06. The summed E-state index contributed by atoms with van der Waals surface area (Å²) in [5, 5.41) is 14.6. The zero-order valence-corrected chi connectivity index (χ0v) is 17.3. The SMILES string of the molecule is O=C1NC(=Nc2cccc(Cl)c2Cl)S/C1=C/c1ccc(-c2cccc([N+](=O)[O-])c2)o1. The molecule has 10 heteroatoms. The molecule has 3 aromatic rings. The van der Waals surface area contributed by atoms with E-state index in [1.165, 1.54) is 12.1 Å². The number of rotatable bonds is 4. The number of amides is 1. The number of benzene rings is 2. The Bertz CT molecular complexity index is 1240. The van der Waals surface area contributed by atoms with E-state index in [9.17, 15) is 14.9 Å². The highest BCUT2D eigenvalue weighted by atomic mass is 35.5. The molecule has 150 valence electrons. The van der Waals surface area contributed by atoms with Gasteiger partial charge in [0.25, 0.3) is 11.6 Å². The van der Waals surface area contributed by atoms with Crippen molar-refractivity contribution in [3.63, 3.8) is 0 Å². The minimum atomic E-state index is -0.470. The lowest BCUT2D eigenvalue weighted by molar-refractivity contribution is -0.384. The van der Waals surface area contributed by atoms with E-state index in [0.717, 1.165) is 11.8 Å². The molecule has 0 radical (unpaired) electrons. The summed E-state index contributed by atoms with van der Waals surface area (Å²) in [6.45, 7) is 0. The first-order valence-electron chi connectivity index (χ1n) is 8.49. The van der Waals surface area contributed by atoms with Crippen molar-refractivity contribution in [1.82, 2.24) is 5.32 Å². The smallest absolute Gasteiger partial charge is 0.270 e. The number of non-ortho nitro benzene ring substituents is 1. The third kappa shape index (κ3) is 4.25. The lowest BCUT2D eigenvalue weighted by atomic mass is 10.1. The number of hydrogen-bond acceptors (Lipinski definition) is 6. The van der Waals surface area contributed by atoms with Gasteiger partial charge in [-0.05, 0) is 36.0 Å². The van der Waals surface area contributed by atoms with Crippen molar-refractivity contribution in [2.75, 3.05) is 0 Å². The normalized spacial score (nSPS) is 16.3. The molecule has 1 aliphatic rings. The maximum atomic E-state index is 12.3. The van der Waals surface area contributed by atoms with Crippen molar-refractivity contribution >= 4 is 63.5 Å². The van der Waals surface area contributed by atoms with Crippen molar-refractivity contribution in [2.45, 2.75) is 0 Å². The molecule has 1 aliphatic heterocycles. The molecule has 0 saturated carbocycles. The molecule has 2 aromatic carbocycles. The standard InChI is InChI=1S/C20H11Cl2N3O4S/c21-14-5-2-6-15(18(14)22)23-20-24-19(26)17(30-20)10-13-7-8-16(29-13)11-3-1-4-12(9-11)25(27)28/h1-10H,(H,23,24,26)/b17-10+. The maximum Gasteiger partial charge on any atom is 0.270 e. The van der Waals surface area contributed by atoms with Crippen LogP contribution in [0.15, 0.2) is 68.9 Å². The number of nitro groups is 1. The van der Waals surface area contributed by atoms with E-state index in [1.54, 1.807) is 48.5 Å². The van der Waals surface area contributed by atoms with Gasteiger partial charge < -0.3 is 9.73 Å². The van der Waals surface area contributed by atoms with Gasteiger partial charge in [0, 0.05) is 23.8 Å². The van der Waals surface area contributed by atoms with Crippen LogP contribution in [0.5, 0.6) is 0 Å². The summed E-state index contributed by atoms with van der Waals surface area (Å²) in [5.41, 5.74) is 0.976. The predicted octanol–water partition coefficient (Wildman–Crippen LogP) is 6.05. The molecule has 0 unspecified atom stereocenters. The highest BCUT2D eigenvalue weighted by Crippen LogP contribution is 2.35. The molecule has 0 atom stereocenters. The summed E-state index contributed by atoms with van der Waals surface area (Å²) in [6.07, 6.45) is 1.57. The molecule has 0 bridgehead atoms. The van der Waals surface area contributed by atoms with E-state index in [1.807, 2.05) is 0 Å². The maximum absolute atomic E-state index is 12.3. The zero-order chi connectivity index (χ0) is 21.3. The average molecular weight is 460 g/mol. The predicted molar refractivity (Wildman–Crippen MR) is 118 cm³/mol. The first-order chi connectivity index (χ1) is 14.4. The molecule has 1 fully saturated rings. The second-order valence-corrected chi connectivity index (χ2v) is 7.88. The van der Waals surface area contributed by atoms with Gasteiger partial charge in [-0.2, -0.15) is 0 Å². The van der Waals surface area contributed by atoms with Crippen LogP contribution >= 0.6 is 35.0 Å². The van der Waals surface area contributed by atoms with Crippen LogP contribution in [-0.2, 0) is 4.79 Å². The fraction of sp³-hybridized carbons (Fsp3) is 0. The van der Waals surface area contributed by atoms with E-state index >= 15 is 0 Å². The number of carbonyl (C=O) groups is 1. The van der Waals surface area contributed by atoms with Crippen LogP contribution in [0.25, 0.3) is 17.4 Å². The highest BCUT2D eigenvalue weighted by Gasteiger charge is 2.25. The van der Waals surface area contributed by atoms with Gasteiger partial charge in [-0.3, -0.25) is 14.9 Å². The van der Waals surface area contributed by atoms with Crippen LogP contribution < -0.4 is 5.32 Å². The molecule has 1 amide bonds. The minimum absolute atomic E-state index is 0.0324. The van der Waals surface area contributed by atoms with Crippen molar-refractivity contribution in [2.24, 2.45) is 4.99 Å². The Labute approximate surface area is 184 Å². The van der Waals surface area contributed by atoms with Crippen LogP contribution in [0.2, 0.25) is 10.0 Å².